The number of aromatic nitrogens is 2. The molecule has 3 rings (SSSR count). The van der Waals surface area contributed by atoms with Crippen LogP contribution in [0.25, 0.3) is 0 Å². The summed E-state index contributed by atoms with van der Waals surface area (Å²) in [5.41, 5.74) is 0.652. The quantitative estimate of drug-likeness (QED) is 0.242. The Morgan fingerprint density at radius 2 is 1.43 bits per heavy atom. The van der Waals surface area contributed by atoms with Crippen LogP contribution in [0, 0.1) is 0 Å². The Morgan fingerprint density at radius 3 is 1.98 bits per heavy atom. The Labute approximate surface area is 229 Å². The molecule has 2 heterocycles. The molecule has 0 aliphatic carbocycles. The van der Waals surface area contributed by atoms with Gasteiger partial charge >= 0.3 is 30.0 Å². The molecule has 216 valence electrons. The van der Waals surface area contributed by atoms with E-state index >= 15 is 0 Å². The summed E-state index contributed by atoms with van der Waals surface area (Å²) < 4.78 is 41.3. The number of aryl methyl sites for hydroxylation is 1. The average molecular weight is 564 g/mol. The molecule has 0 bridgehead atoms. The Kier molecular flexibility index (Phi) is 10.2. The van der Waals surface area contributed by atoms with Gasteiger partial charge in [-0.25, -0.2) is 4.57 Å². The maximum Gasteiger partial charge on any atom is 0.511 e. The van der Waals surface area contributed by atoms with Gasteiger partial charge in [-0.3, -0.25) is 19.2 Å². The zero-order valence-corrected chi connectivity index (χ0v) is 22.6. The maximum atomic E-state index is 12.2. The first-order valence-corrected chi connectivity index (χ1v) is 12.2. The van der Waals surface area contributed by atoms with Crippen molar-refractivity contribution in [1.29, 1.82) is 0 Å². The van der Waals surface area contributed by atoms with E-state index < -0.39 is 60.7 Å². The van der Waals surface area contributed by atoms with E-state index in [0.29, 0.717) is 5.56 Å². The van der Waals surface area contributed by atoms with E-state index in [1.807, 2.05) is 0 Å². The largest absolute Gasteiger partial charge is 0.511 e. The van der Waals surface area contributed by atoms with E-state index in [2.05, 4.69) is 0 Å². The molecule has 1 aromatic heterocycles. The van der Waals surface area contributed by atoms with Crippen molar-refractivity contribution in [3.63, 3.8) is 0 Å². The number of imidazole rings is 1. The number of esters is 4. The molecular formula is C26H31N2O12+. The lowest BCUT2D eigenvalue weighted by molar-refractivity contribution is -0.670. The van der Waals surface area contributed by atoms with E-state index in [4.69, 9.17) is 33.2 Å². The number of carbonyl (C=O) groups excluding carboxylic acids is 5. The normalized spacial score (nSPS) is 22.0. The van der Waals surface area contributed by atoms with E-state index in [-0.39, 0.29) is 19.0 Å². The van der Waals surface area contributed by atoms with Crippen LogP contribution in [0.4, 0.5) is 4.79 Å². The fourth-order valence-electron chi connectivity index (χ4n) is 3.86. The molecule has 2 unspecified atom stereocenters. The Balaban J connectivity index is 1.80. The molecule has 1 aliphatic rings. The first-order chi connectivity index (χ1) is 18.9. The van der Waals surface area contributed by atoms with Crippen LogP contribution in [0.2, 0.25) is 0 Å². The second-order valence-corrected chi connectivity index (χ2v) is 8.87. The number of rotatable bonds is 9. The van der Waals surface area contributed by atoms with Crippen LogP contribution in [-0.4, -0.2) is 71.9 Å². The summed E-state index contributed by atoms with van der Waals surface area (Å²) in [4.78, 5) is 59.3. The lowest BCUT2D eigenvalue weighted by atomic mass is 9.98. The maximum absolute atomic E-state index is 12.2. The third-order valence-electron chi connectivity index (χ3n) is 5.47. The standard InChI is InChI=1S/C26H31N2O12/c1-15(29)34-13-21-22(36-16(2)30)23(37-17(3)31)24(38-18(4)32)25(40-21)39-20-8-6-19(7-9-20)12-35-26(33)28-11-10-27(5)14-28/h6-11,14,21-25H,12-13H2,1-5H3/q+1/t21?,22-,23?,24+,25+/m0/s1. The topological polar surface area (TPSA) is 159 Å². The summed E-state index contributed by atoms with van der Waals surface area (Å²) in [5, 5.41) is 0. The molecule has 1 aliphatic heterocycles. The van der Waals surface area contributed by atoms with Crippen molar-refractivity contribution in [3.8, 4) is 5.75 Å². The SMILES string of the molecule is CC(=O)OCC1O[C@@H](Oc2ccc(COC(=O)n3cc[n+](C)c3)cc2)[C@H](OC(C)=O)C(OC(C)=O)[C@H]1OC(C)=O. The monoisotopic (exact) mass is 563 g/mol. The van der Waals surface area contributed by atoms with Gasteiger partial charge in [0.25, 0.3) is 6.33 Å². The molecule has 0 saturated carbocycles. The van der Waals surface area contributed by atoms with Crippen LogP contribution in [-0.2, 0) is 61.3 Å². The highest BCUT2D eigenvalue weighted by molar-refractivity contribution is 5.70. The molecule has 1 aromatic carbocycles. The van der Waals surface area contributed by atoms with E-state index in [1.54, 1.807) is 54.6 Å². The van der Waals surface area contributed by atoms with Gasteiger partial charge in [0.2, 0.25) is 12.4 Å². The number of ether oxygens (including phenoxy) is 7. The number of benzene rings is 1. The summed E-state index contributed by atoms with van der Waals surface area (Å²) >= 11 is 0. The Hall–Kier alpha value is -4.46. The van der Waals surface area contributed by atoms with Gasteiger partial charge in [-0.05, 0) is 17.7 Å². The highest BCUT2D eigenvalue weighted by Gasteiger charge is 2.53. The van der Waals surface area contributed by atoms with Gasteiger partial charge in [0.05, 0.1) is 7.05 Å². The highest BCUT2D eigenvalue weighted by atomic mass is 16.7. The number of hydrogen-bond donors (Lipinski definition) is 0. The van der Waals surface area contributed by atoms with Crippen molar-refractivity contribution < 1.29 is 61.7 Å². The second-order valence-electron chi connectivity index (χ2n) is 8.87. The van der Waals surface area contributed by atoms with E-state index in [0.717, 1.165) is 20.8 Å². The minimum absolute atomic E-state index is 0.0138. The van der Waals surface area contributed by atoms with Crippen molar-refractivity contribution in [2.24, 2.45) is 7.05 Å². The fourth-order valence-corrected chi connectivity index (χ4v) is 3.86. The second kappa shape index (κ2) is 13.6. The molecule has 0 N–H and O–H groups in total. The van der Waals surface area contributed by atoms with Crippen LogP contribution in [0.15, 0.2) is 43.0 Å². The summed E-state index contributed by atoms with van der Waals surface area (Å²) in [6, 6.07) is 6.41. The van der Waals surface area contributed by atoms with Gasteiger partial charge in [0.1, 0.15) is 37.5 Å². The van der Waals surface area contributed by atoms with E-state index in [9.17, 15) is 24.0 Å². The first-order valence-electron chi connectivity index (χ1n) is 12.2. The summed E-state index contributed by atoms with van der Waals surface area (Å²) in [7, 11) is 1.77. The molecule has 1 fully saturated rings. The smallest absolute Gasteiger partial charge is 0.463 e. The van der Waals surface area contributed by atoms with E-state index in [1.165, 1.54) is 11.5 Å². The van der Waals surface area contributed by atoms with Gasteiger partial charge in [-0.1, -0.05) is 12.1 Å². The lowest BCUT2D eigenvalue weighted by Crippen LogP contribution is -2.63. The predicted octanol–water partition coefficient (Wildman–Crippen LogP) is 0.959. The summed E-state index contributed by atoms with van der Waals surface area (Å²) in [5.74, 6) is -2.60. The molecule has 14 heteroatoms. The molecule has 0 radical (unpaired) electrons. The molecule has 0 spiro atoms. The van der Waals surface area contributed by atoms with Crippen LogP contribution >= 0.6 is 0 Å². The summed E-state index contributed by atoms with van der Waals surface area (Å²) in [6.45, 7) is 4.19. The number of hydrogen-bond acceptors (Lipinski definition) is 12. The molecule has 40 heavy (non-hydrogen) atoms. The zero-order chi connectivity index (χ0) is 29.4. The Bertz CT molecular complexity index is 1220. The van der Waals surface area contributed by atoms with Crippen molar-refractivity contribution >= 4 is 30.0 Å². The number of carbonyl (C=O) groups is 5. The first kappa shape index (κ1) is 30.1. The van der Waals surface area contributed by atoms with Gasteiger partial charge in [0.15, 0.2) is 12.2 Å². The van der Waals surface area contributed by atoms with Crippen LogP contribution in [0.1, 0.15) is 33.3 Å². The molecule has 14 nitrogen and oxygen atoms in total. The number of nitrogens with zero attached hydrogens (tertiary/aromatic N) is 2. The van der Waals surface area contributed by atoms with Crippen LogP contribution in [0.3, 0.4) is 0 Å². The lowest BCUT2D eigenvalue weighted by Gasteiger charge is -2.43. The minimum Gasteiger partial charge on any atom is -0.463 e. The predicted molar refractivity (Wildman–Crippen MR) is 130 cm³/mol. The average Bonchev–Trinajstić information content (AvgIpc) is 3.31. The molecule has 1 saturated heterocycles. The van der Waals surface area contributed by atoms with Gasteiger partial charge in [-0.15, -0.1) is 4.57 Å². The minimum atomic E-state index is -1.36. The molecule has 0 amide bonds. The molecule has 5 atom stereocenters. The zero-order valence-electron chi connectivity index (χ0n) is 22.6. The Morgan fingerprint density at radius 1 is 0.825 bits per heavy atom. The van der Waals surface area contributed by atoms with Gasteiger partial charge < -0.3 is 33.2 Å². The van der Waals surface area contributed by atoms with Gasteiger partial charge in [-0.2, -0.15) is 4.79 Å². The fraction of sp³-hybridized carbons (Fsp3) is 0.462. The van der Waals surface area contributed by atoms with Crippen molar-refractivity contribution in [2.75, 3.05) is 6.61 Å². The third-order valence-corrected chi connectivity index (χ3v) is 5.47. The van der Waals surface area contributed by atoms with Crippen molar-refractivity contribution in [1.82, 2.24) is 4.57 Å². The highest BCUT2D eigenvalue weighted by Crippen LogP contribution is 2.31. The van der Waals surface area contributed by atoms with Gasteiger partial charge in [0, 0.05) is 27.7 Å². The summed E-state index contributed by atoms with van der Waals surface area (Å²) in [6.07, 6.45) is -2.23. The van der Waals surface area contributed by atoms with Crippen molar-refractivity contribution in [2.45, 2.75) is 65.0 Å². The van der Waals surface area contributed by atoms with Crippen molar-refractivity contribution in [3.05, 3.63) is 48.5 Å². The van der Waals surface area contributed by atoms with Crippen LogP contribution in [0.5, 0.6) is 5.75 Å². The molecular weight excluding hydrogens is 532 g/mol. The van der Waals surface area contributed by atoms with Crippen LogP contribution < -0.4 is 9.30 Å². The third kappa shape index (κ3) is 8.53. The molecule has 2 aromatic rings.